The first-order valence-electron chi connectivity index (χ1n) is 6.09. The maximum absolute atomic E-state index is 11.9. The second kappa shape index (κ2) is 5.99. The number of rotatable bonds is 5. The standard InChI is InChI=1S/C13H16N4O2/c1-3-14-10-4-5-15-12(7-10)13(18)16-8-11-6-9(2)17-19-11/h4-7H,3,8H2,1-2H3,(H,14,15)(H,16,18). The van der Waals surface area contributed by atoms with Crippen LogP contribution in [-0.2, 0) is 6.54 Å². The van der Waals surface area contributed by atoms with E-state index < -0.39 is 0 Å². The van der Waals surface area contributed by atoms with Gasteiger partial charge in [-0.3, -0.25) is 9.78 Å². The van der Waals surface area contributed by atoms with Gasteiger partial charge in [0.15, 0.2) is 5.76 Å². The zero-order chi connectivity index (χ0) is 13.7. The van der Waals surface area contributed by atoms with E-state index in [0.717, 1.165) is 17.9 Å². The Morgan fingerprint density at radius 3 is 2.95 bits per heavy atom. The third-order valence-electron chi connectivity index (χ3n) is 2.47. The zero-order valence-electron chi connectivity index (χ0n) is 10.9. The first kappa shape index (κ1) is 13.1. The summed E-state index contributed by atoms with van der Waals surface area (Å²) in [5, 5.41) is 9.62. The van der Waals surface area contributed by atoms with E-state index in [-0.39, 0.29) is 5.91 Å². The quantitative estimate of drug-likeness (QED) is 0.856. The second-order valence-corrected chi connectivity index (χ2v) is 4.08. The molecule has 100 valence electrons. The van der Waals surface area contributed by atoms with Gasteiger partial charge in [0, 0.05) is 24.5 Å². The molecule has 0 saturated carbocycles. The van der Waals surface area contributed by atoms with Crippen molar-refractivity contribution in [3.05, 3.63) is 41.5 Å². The molecule has 0 fully saturated rings. The number of pyridine rings is 1. The van der Waals surface area contributed by atoms with Crippen molar-refractivity contribution < 1.29 is 9.32 Å². The van der Waals surface area contributed by atoms with Crippen molar-refractivity contribution in [2.45, 2.75) is 20.4 Å². The minimum Gasteiger partial charge on any atom is -0.385 e. The number of carbonyl (C=O) groups excluding carboxylic acids is 1. The number of hydrogen-bond acceptors (Lipinski definition) is 5. The van der Waals surface area contributed by atoms with Crippen molar-refractivity contribution in [2.24, 2.45) is 0 Å². The Morgan fingerprint density at radius 2 is 2.26 bits per heavy atom. The van der Waals surface area contributed by atoms with Crippen molar-refractivity contribution in [1.82, 2.24) is 15.5 Å². The molecule has 19 heavy (non-hydrogen) atoms. The van der Waals surface area contributed by atoms with Gasteiger partial charge in [0.1, 0.15) is 5.69 Å². The molecule has 0 radical (unpaired) electrons. The number of carbonyl (C=O) groups is 1. The molecule has 0 aliphatic carbocycles. The number of nitrogens with zero attached hydrogens (tertiary/aromatic N) is 2. The molecular weight excluding hydrogens is 244 g/mol. The molecule has 2 rings (SSSR count). The lowest BCUT2D eigenvalue weighted by molar-refractivity contribution is 0.0942. The Labute approximate surface area is 111 Å². The van der Waals surface area contributed by atoms with Gasteiger partial charge in [-0.2, -0.15) is 0 Å². The fraction of sp³-hybridized carbons (Fsp3) is 0.308. The predicted octanol–water partition coefficient (Wildman–Crippen LogP) is 1.74. The highest BCUT2D eigenvalue weighted by atomic mass is 16.5. The van der Waals surface area contributed by atoms with Crippen LogP contribution in [-0.4, -0.2) is 22.6 Å². The second-order valence-electron chi connectivity index (χ2n) is 4.08. The SMILES string of the molecule is CCNc1ccnc(C(=O)NCc2cc(C)no2)c1. The number of nitrogens with one attached hydrogen (secondary N) is 2. The largest absolute Gasteiger partial charge is 0.385 e. The third-order valence-corrected chi connectivity index (χ3v) is 2.47. The van der Waals surface area contributed by atoms with Gasteiger partial charge in [0.05, 0.1) is 12.2 Å². The average molecular weight is 260 g/mol. The topological polar surface area (TPSA) is 80.0 Å². The number of aryl methyl sites for hydroxylation is 1. The molecule has 2 aromatic heterocycles. The van der Waals surface area contributed by atoms with E-state index in [9.17, 15) is 4.79 Å². The van der Waals surface area contributed by atoms with Crippen LogP contribution in [0.4, 0.5) is 5.69 Å². The van der Waals surface area contributed by atoms with Gasteiger partial charge in [-0.05, 0) is 26.0 Å². The summed E-state index contributed by atoms with van der Waals surface area (Å²) >= 11 is 0. The monoisotopic (exact) mass is 260 g/mol. The van der Waals surface area contributed by atoms with Gasteiger partial charge in [0.25, 0.3) is 5.91 Å². The van der Waals surface area contributed by atoms with Crippen LogP contribution in [0, 0.1) is 6.92 Å². The van der Waals surface area contributed by atoms with Crippen LogP contribution in [0.1, 0.15) is 28.9 Å². The van der Waals surface area contributed by atoms with E-state index >= 15 is 0 Å². The van der Waals surface area contributed by atoms with E-state index in [2.05, 4.69) is 20.8 Å². The Bertz CT molecular complexity index is 565. The summed E-state index contributed by atoms with van der Waals surface area (Å²) < 4.78 is 5.02. The maximum Gasteiger partial charge on any atom is 0.270 e. The predicted molar refractivity (Wildman–Crippen MR) is 70.8 cm³/mol. The first-order chi connectivity index (χ1) is 9.19. The van der Waals surface area contributed by atoms with Gasteiger partial charge >= 0.3 is 0 Å². The maximum atomic E-state index is 11.9. The smallest absolute Gasteiger partial charge is 0.270 e. The molecule has 0 spiro atoms. The molecule has 2 N–H and O–H groups in total. The third kappa shape index (κ3) is 3.54. The minimum absolute atomic E-state index is 0.242. The number of hydrogen-bond donors (Lipinski definition) is 2. The van der Waals surface area contributed by atoms with Crippen LogP contribution in [0.2, 0.25) is 0 Å². The van der Waals surface area contributed by atoms with Gasteiger partial charge in [-0.15, -0.1) is 0 Å². The number of anilines is 1. The van der Waals surface area contributed by atoms with Gasteiger partial charge < -0.3 is 15.2 Å². The molecule has 2 heterocycles. The van der Waals surface area contributed by atoms with Crippen LogP contribution in [0.3, 0.4) is 0 Å². The van der Waals surface area contributed by atoms with Crippen molar-refractivity contribution in [2.75, 3.05) is 11.9 Å². The van der Waals surface area contributed by atoms with Gasteiger partial charge in [-0.1, -0.05) is 5.16 Å². The first-order valence-corrected chi connectivity index (χ1v) is 6.09. The fourth-order valence-electron chi connectivity index (χ4n) is 1.63. The Morgan fingerprint density at radius 1 is 1.42 bits per heavy atom. The van der Waals surface area contributed by atoms with Gasteiger partial charge in [-0.25, -0.2) is 0 Å². The zero-order valence-corrected chi connectivity index (χ0v) is 10.9. The average Bonchev–Trinajstić information content (AvgIpc) is 2.82. The summed E-state index contributed by atoms with van der Waals surface area (Å²) in [5.41, 5.74) is 2.03. The summed E-state index contributed by atoms with van der Waals surface area (Å²) in [6.45, 7) is 4.91. The summed E-state index contributed by atoms with van der Waals surface area (Å²) in [7, 11) is 0. The van der Waals surface area contributed by atoms with Crippen molar-refractivity contribution in [1.29, 1.82) is 0 Å². The summed E-state index contributed by atoms with van der Waals surface area (Å²) in [6.07, 6.45) is 1.60. The van der Waals surface area contributed by atoms with Crippen molar-refractivity contribution in [3.8, 4) is 0 Å². The van der Waals surface area contributed by atoms with E-state index in [1.54, 1.807) is 18.3 Å². The molecule has 0 saturated heterocycles. The van der Waals surface area contributed by atoms with Gasteiger partial charge in [0.2, 0.25) is 0 Å². The van der Waals surface area contributed by atoms with Crippen LogP contribution in [0.5, 0.6) is 0 Å². The fourth-order valence-corrected chi connectivity index (χ4v) is 1.63. The molecule has 0 atom stereocenters. The normalized spacial score (nSPS) is 10.2. The molecular formula is C13H16N4O2. The molecule has 0 aromatic carbocycles. The Balaban J connectivity index is 1.97. The molecule has 0 aliphatic rings. The van der Waals surface area contributed by atoms with E-state index in [1.165, 1.54) is 0 Å². The van der Waals surface area contributed by atoms with E-state index in [0.29, 0.717) is 18.0 Å². The summed E-state index contributed by atoms with van der Waals surface area (Å²) in [6, 6.07) is 5.31. The molecule has 0 aliphatic heterocycles. The van der Waals surface area contributed by atoms with E-state index in [1.807, 2.05) is 19.9 Å². The summed E-state index contributed by atoms with van der Waals surface area (Å²) in [4.78, 5) is 16.0. The Hall–Kier alpha value is -2.37. The molecule has 6 nitrogen and oxygen atoms in total. The Kier molecular flexibility index (Phi) is 4.12. The van der Waals surface area contributed by atoms with Crippen LogP contribution in [0.25, 0.3) is 0 Å². The lowest BCUT2D eigenvalue weighted by Gasteiger charge is -2.05. The molecule has 0 bridgehead atoms. The van der Waals surface area contributed by atoms with Crippen LogP contribution < -0.4 is 10.6 Å². The highest BCUT2D eigenvalue weighted by Gasteiger charge is 2.09. The lowest BCUT2D eigenvalue weighted by atomic mass is 10.3. The highest BCUT2D eigenvalue weighted by Crippen LogP contribution is 2.08. The molecule has 0 unspecified atom stereocenters. The molecule has 6 heteroatoms. The highest BCUT2D eigenvalue weighted by molar-refractivity contribution is 5.92. The van der Waals surface area contributed by atoms with Crippen LogP contribution >= 0.6 is 0 Å². The molecule has 1 amide bonds. The minimum atomic E-state index is -0.242. The lowest BCUT2D eigenvalue weighted by Crippen LogP contribution is -2.23. The van der Waals surface area contributed by atoms with Crippen molar-refractivity contribution in [3.63, 3.8) is 0 Å². The van der Waals surface area contributed by atoms with E-state index in [4.69, 9.17) is 4.52 Å². The number of amides is 1. The number of aromatic nitrogens is 2. The van der Waals surface area contributed by atoms with Crippen molar-refractivity contribution >= 4 is 11.6 Å². The van der Waals surface area contributed by atoms with Crippen LogP contribution in [0.15, 0.2) is 28.9 Å². The summed E-state index contributed by atoms with van der Waals surface area (Å²) in [5.74, 6) is 0.377. The molecule has 2 aromatic rings.